The van der Waals surface area contributed by atoms with Crippen molar-refractivity contribution in [2.24, 2.45) is 5.10 Å². The normalized spacial score (nSPS) is 14.2. The van der Waals surface area contributed by atoms with Crippen molar-refractivity contribution in [3.63, 3.8) is 0 Å². The number of nitrogens with one attached hydrogen (secondary N) is 1. The minimum Gasteiger partial charge on any atom is -0.504 e. The molecule has 3 rings (SSSR count). The number of morpholine rings is 1. The molecule has 3 N–H and O–H groups in total. The van der Waals surface area contributed by atoms with E-state index in [2.05, 4.69) is 20.5 Å². The number of benzene rings is 1. The number of aryl methyl sites for hydroxylation is 1. The highest BCUT2D eigenvalue weighted by Crippen LogP contribution is 2.24. The molecule has 1 amide bonds. The fourth-order valence-electron chi connectivity index (χ4n) is 2.47. The highest BCUT2D eigenvalue weighted by atomic mass is 16.5. The van der Waals surface area contributed by atoms with E-state index < -0.39 is 5.91 Å². The molecule has 1 aliphatic rings. The van der Waals surface area contributed by atoms with Gasteiger partial charge in [-0.05, 0) is 30.7 Å². The average molecular weight is 387 g/mol. The van der Waals surface area contributed by atoms with Gasteiger partial charge in [0.25, 0.3) is 5.91 Å². The number of hydrazone groups is 1. The van der Waals surface area contributed by atoms with Crippen LogP contribution in [0.15, 0.2) is 29.4 Å². The van der Waals surface area contributed by atoms with E-state index in [1.54, 1.807) is 6.07 Å². The van der Waals surface area contributed by atoms with Gasteiger partial charge in [-0.25, -0.2) is 10.4 Å². The van der Waals surface area contributed by atoms with Gasteiger partial charge in [0.1, 0.15) is 0 Å². The molecule has 10 heteroatoms. The van der Waals surface area contributed by atoms with Gasteiger partial charge >= 0.3 is 0 Å². The van der Waals surface area contributed by atoms with Crippen LogP contribution in [0.5, 0.6) is 17.4 Å². The number of amides is 1. The molecule has 10 nitrogen and oxygen atoms in total. The molecule has 0 bridgehead atoms. The van der Waals surface area contributed by atoms with Crippen LogP contribution in [-0.4, -0.2) is 65.2 Å². The van der Waals surface area contributed by atoms with Gasteiger partial charge in [-0.15, -0.1) is 0 Å². The molecule has 28 heavy (non-hydrogen) atoms. The summed E-state index contributed by atoms with van der Waals surface area (Å²) in [6, 6.07) is 5.83. The minimum absolute atomic E-state index is 0.230. The molecular weight excluding hydrogens is 366 g/mol. The summed E-state index contributed by atoms with van der Waals surface area (Å²) in [7, 11) is 0. The molecule has 1 aromatic carbocycles. The van der Waals surface area contributed by atoms with Crippen LogP contribution in [0.25, 0.3) is 0 Å². The quantitative estimate of drug-likeness (QED) is 0.373. The molecule has 0 saturated carbocycles. The second kappa shape index (κ2) is 9.00. The lowest BCUT2D eigenvalue weighted by atomic mass is 10.2. The van der Waals surface area contributed by atoms with Gasteiger partial charge in [0, 0.05) is 24.8 Å². The summed E-state index contributed by atoms with van der Waals surface area (Å²) >= 11 is 0. The third-order valence-corrected chi connectivity index (χ3v) is 3.87. The Labute approximate surface area is 161 Å². The summed E-state index contributed by atoms with van der Waals surface area (Å²) in [5.74, 6) is -0.121. The van der Waals surface area contributed by atoms with Crippen LogP contribution in [-0.2, 0) is 9.53 Å². The number of hydrogen-bond donors (Lipinski definition) is 3. The van der Waals surface area contributed by atoms with Crippen LogP contribution in [0.1, 0.15) is 11.3 Å². The topological polar surface area (TPSA) is 129 Å². The molecule has 0 aliphatic carbocycles. The molecule has 148 valence electrons. The predicted octanol–water partition coefficient (Wildman–Crippen LogP) is 0.562. The van der Waals surface area contributed by atoms with Crippen LogP contribution in [0, 0.1) is 6.92 Å². The fraction of sp³-hybridized carbons (Fsp3) is 0.333. The van der Waals surface area contributed by atoms with Gasteiger partial charge in [0.15, 0.2) is 18.1 Å². The zero-order valence-corrected chi connectivity index (χ0v) is 15.3. The van der Waals surface area contributed by atoms with Gasteiger partial charge < -0.3 is 24.6 Å². The summed E-state index contributed by atoms with van der Waals surface area (Å²) < 4.78 is 10.8. The van der Waals surface area contributed by atoms with Gasteiger partial charge in [-0.3, -0.25) is 4.79 Å². The maximum atomic E-state index is 11.9. The van der Waals surface area contributed by atoms with E-state index in [1.165, 1.54) is 24.4 Å². The lowest BCUT2D eigenvalue weighted by Crippen LogP contribution is -2.37. The molecule has 0 spiro atoms. The van der Waals surface area contributed by atoms with E-state index in [-0.39, 0.29) is 18.1 Å². The molecule has 2 heterocycles. The van der Waals surface area contributed by atoms with E-state index in [0.717, 1.165) is 5.69 Å². The van der Waals surface area contributed by atoms with Crippen LogP contribution in [0.3, 0.4) is 0 Å². The molecule has 2 aromatic rings. The molecule has 1 saturated heterocycles. The Kier molecular flexibility index (Phi) is 6.22. The Balaban J connectivity index is 1.53. The smallest absolute Gasteiger partial charge is 0.278 e. The number of aromatic hydroxyl groups is 2. The number of ether oxygens (including phenoxy) is 2. The number of aromatic nitrogens is 2. The van der Waals surface area contributed by atoms with Gasteiger partial charge in [0.05, 0.1) is 19.4 Å². The largest absolute Gasteiger partial charge is 0.504 e. The van der Waals surface area contributed by atoms with Crippen molar-refractivity contribution < 1.29 is 24.5 Å². The van der Waals surface area contributed by atoms with Crippen molar-refractivity contribution in [3.05, 3.63) is 35.5 Å². The molecule has 0 unspecified atom stereocenters. The van der Waals surface area contributed by atoms with E-state index in [4.69, 9.17) is 9.47 Å². The van der Waals surface area contributed by atoms with E-state index in [1.807, 2.05) is 11.8 Å². The van der Waals surface area contributed by atoms with Crippen LogP contribution < -0.4 is 15.1 Å². The third kappa shape index (κ3) is 5.30. The van der Waals surface area contributed by atoms with Crippen molar-refractivity contribution in [3.8, 4) is 17.4 Å². The van der Waals surface area contributed by atoms with E-state index in [0.29, 0.717) is 43.7 Å². The van der Waals surface area contributed by atoms with Crippen LogP contribution in [0.2, 0.25) is 0 Å². The fourth-order valence-corrected chi connectivity index (χ4v) is 2.47. The first-order chi connectivity index (χ1) is 13.5. The zero-order valence-electron chi connectivity index (χ0n) is 15.3. The maximum absolute atomic E-state index is 11.9. The van der Waals surface area contributed by atoms with Gasteiger partial charge in [-0.1, -0.05) is 0 Å². The molecule has 0 atom stereocenters. The zero-order chi connectivity index (χ0) is 19.9. The number of hydrogen-bond acceptors (Lipinski definition) is 9. The summed E-state index contributed by atoms with van der Waals surface area (Å²) in [5, 5.41) is 22.5. The Morgan fingerprint density at radius 2 is 2.07 bits per heavy atom. The van der Waals surface area contributed by atoms with Crippen molar-refractivity contribution in [1.82, 2.24) is 15.4 Å². The number of phenolic OH excluding ortho intramolecular Hbond substituents is 2. The molecule has 0 radical (unpaired) electrons. The number of rotatable bonds is 6. The lowest BCUT2D eigenvalue weighted by Gasteiger charge is -2.27. The third-order valence-electron chi connectivity index (χ3n) is 3.87. The monoisotopic (exact) mass is 387 g/mol. The number of phenols is 2. The molecular formula is C18H21N5O5. The first kappa shape index (κ1) is 19.4. The van der Waals surface area contributed by atoms with Crippen molar-refractivity contribution in [2.45, 2.75) is 6.92 Å². The molecule has 1 fully saturated rings. The Morgan fingerprint density at radius 3 is 2.82 bits per heavy atom. The number of carbonyl (C=O) groups is 1. The first-order valence-electron chi connectivity index (χ1n) is 8.66. The Hall–Kier alpha value is -3.40. The van der Waals surface area contributed by atoms with E-state index >= 15 is 0 Å². The Bertz CT molecular complexity index is 867. The maximum Gasteiger partial charge on any atom is 0.278 e. The summed E-state index contributed by atoms with van der Waals surface area (Å²) in [6.45, 7) is 4.20. The lowest BCUT2D eigenvalue weighted by molar-refractivity contribution is -0.123. The molecule has 1 aromatic heterocycles. The summed E-state index contributed by atoms with van der Waals surface area (Å²) in [5.41, 5.74) is 3.56. The highest BCUT2D eigenvalue weighted by molar-refractivity contribution is 5.83. The predicted molar refractivity (Wildman–Crippen MR) is 101 cm³/mol. The first-order valence-corrected chi connectivity index (χ1v) is 8.66. The van der Waals surface area contributed by atoms with Crippen molar-refractivity contribution in [2.75, 3.05) is 37.8 Å². The second-order valence-corrected chi connectivity index (χ2v) is 6.08. The van der Waals surface area contributed by atoms with Crippen molar-refractivity contribution in [1.29, 1.82) is 0 Å². The van der Waals surface area contributed by atoms with E-state index in [9.17, 15) is 15.0 Å². The minimum atomic E-state index is -0.469. The number of anilines is 1. The Morgan fingerprint density at radius 1 is 1.29 bits per heavy atom. The second-order valence-electron chi connectivity index (χ2n) is 6.08. The van der Waals surface area contributed by atoms with Crippen LogP contribution >= 0.6 is 0 Å². The number of carbonyl (C=O) groups excluding carboxylic acids is 1. The van der Waals surface area contributed by atoms with Crippen LogP contribution in [0.4, 0.5) is 5.95 Å². The van der Waals surface area contributed by atoms with Gasteiger partial charge in [-0.2, -0.15) is 10.1 Å². The average Bonchev–Trinajstić information content (AvgIpc) is 2.69. The number of nitrogens with zero attached hydrogens (tertiary/aromatic N) is 4. The molecule has 1 aliphatic heterocycles. The summed E-state index contributed by atoms with van der Waals surface area (Å²) in [4.78, 5) is 22.6. The van der Waals surface area contributed by atoms with Gasteiger partial charge in [0.2, 0.25) is 11.8 Å². The summed E-state index contributed by atoms with van der Waals surface area (Å²) in [6.07, 6.45) is 1.34. The standard InChI is InChI=1S/C18H21N5O5/c1-12-8-17(21-18(20-12)23-4-6-27-7-5-23)28-11-16(26)22-19-10-13-2-3-14(24)15(25)9-13/h2-3,8-10,24-25H,4-7,11H2,1H3,(H,22,26)/b19-10+. The highest BCUT2D eigenvalue weighted by Gasteiger charge is 2.15. The van der Waals surface area contributed by atoms with Crippen molar-refractivity contribution >= 4 is 18.1 Å². The SMILES string of the molecule is Cc1cc(OCC(=O)N/N=C/c2ccc(O)c(O)c2)nc(N2CCOCC2)n1.